The molecule has 2 aromatic carbocycles. The van der Waals surface area contributed by atoms with E-state index in [0.717, 1.165) is 5.56 Å². The van der Waals surface area contributed by atoms with E-state index >= 15 is 0 Å². The van der Waals surface area contributed by atoms with E-state index in [2.05, 4.69) is 5.32 Å². The van der Waals surface area contributed by atoms with Gasteiger partial charge >= 0.3 is 5.97 Å². The molecule has 27 heavy (non-hydrogen) atoms. The Balaban J connectivity index is 2.12. The monoisotopic (exact) mass is 410 g/mol. The first-order valence-electron chi connectivity index (χ1n) is 8.09. The molecule has 0 aliphatic rings. The third kappa shape index (κ3) is 6.43. The zero-order chi connectivity index (χ0) is 19.8. The van der Waals surface area contributed by atoms with Crippen molar-refractivity contribution in [2.24, 2.45) is 0 Å². The van der Waals surface area contributed by atoms with Crippen LogP contribution in [0.4, 0.5) is 5.69 Å². The summed E-state index contributed by atoms with van der Waals surface area (Å²) in [6.45, 7) is 0.215. The van der Waals surface area contributed by atoms with Crippen molar-refractivity contribution in [2.45, 2.75) is 6.54 Å². The summed E-state index contributed by atoms with van der Waals surface area (Å²) in [5.74, 6) is -0.292. The molecule has 0 aliphatic heterocycles. The summed E-state index contributed by atoms with van der Waals surface area (Å²) in [5, 5.41) is 3.78. The third-order valence-electron chi connectivity index (χ3n) is 3.73. The summed E-state index contributed by atoms with van der Waals surface area (Å²) in [7, 11) is 2.80. The molecule has 0 atom stereocenters. The first kappa shape index (κ1) is 21.0. The molecule has 0 aliphatic carbocycles. The van der Waals surface area contributed by atoms with E-state index in [1.54, 1.807) is 29.2 Å². The number of rotatable bonds is 8. The van der Waals surface area contributed by atoms with Crippen molar-refractivity contribution in [2.75, 3.05) is 32.6 Å². The minimum absolute atomic E-state index is 0.0456. The Hall–Kier alpha value is -2.28. The van der Waals surface area contributed by atoms with Crippen molar-refractivity contribution >= 4 is 40.8 Å². The molecule has 8 heteroatoms. The molecule has 6 nitrogen and oxygen atoms in total. The normalized spacial score (nSPS) is 10.6. The fourth-order valence-electron chi connectivity index (χ4n) is 2.45. The summed E-state index contributed by atoms with van der Waals surface area (Å²) in [6.07, 6.45) is 0. The number of nitrogens with zero attached hydrogens (tertiary/aromatic N) is 1. The Kier molecular flexibility index (Phi) is 7.91. The number of hydrogen-bond acceptors (Lipinski definition) is 5. The van der Waals surface area contributed by atoms with Crippen molar-refractivity contribution in [3.05, 3.63) is 58.1 Å². The van der Waals surface area contributed by atoms with Crippen LogP contribution in [0.2, 0.25) is 10.0 Å². The molecule has 0 spiro atoms. The van der Waals surface area contributed by atoms with Crippen LogP contribution in [0.5, 0.6) is 5.75 Å². The maximum absolute atomic E-state index is 12.5. The van der Waals surface area contributed by atoms with E-state index in [-0.39, 0.29) is 19.0 Å². The number of ether oxygens (including phenoxy) is 2. The molecule has 0 bridgehead atoms. The Bertz CT molecular complexity index is 814. The number of halogens is 2. The molecule has 0 radical (unpaired) electrons. The smallest absolute Gasteiger partial charge is 0.319 e. The average molecular weight is 411 g/mol. The molecular formula is C19H20Cl2N2O4. The Morgan fingerprint density at radius 1 is 1.07 bits per heavy atom. The number of nitrogens with one attached hydrogen (secondary N) is 1. The van der Waals surface area contributed by atoms with Gasteiger partial charge in [-0.1, -0.05) is 41.4 Å². The number of carbonyl (C=O) groups is 2. The summed E-state index contributed by atoms with van der Waals surface area (Å²) in [6, 6.07) is 12.2. The van der Waals surface area contributed by atoms with E-state index in [0.29, 0.717) is 28.0 Å². The summed E-state index contributed by atoms with van der Waals surface area (Å²) < 4.78 is 9.94. The highest BCUT2D eigenvalue weighted by Gasteiger charge is 2.18. The van der Waals surface area contributed by atoms with Gasteiger partial charge in [0, 0.05) is 16.6 Å². The second kappa shape index (κ2) is 10.2. The van der Waals surface area contributed by atoms with Gasteiger partial charge in [0.2, 0.25) is 5.91 Å². The van der Waals surface area contributed by atoms with E-state index in [1.807, 2.05) is 18.2 Å². The van der Waals surface area contributed by atoms with Gasteiger partial charge in [0.05, 0.1) is 33.0 Å². The van der Waals surface area contributed by atoms with E-state index in [4.69, 9.17) is 32.7 Å². The highest BCUT2D eigenvalue weighted by Crippen LogP contribution is 2.27. The largest absolute Gasteiger partial charge is 0.495 e. The molecule has 1 amide bonds. The summed E-state index contributed by atoms with van der Waals surface area (Å²) in [5.41, 5.74) is 1.25. The first-order valence-corrected chi connectivity index (χ1v) is 8.84. The topological polar surface area (TPSA) is 67.9 Å². The van der Waals surface area contributed by atoms with Gasteiger partial charge in [-0.05, 0) is 29.8 Å². The molecule has 2 aromatic rings. The van der Waals surface area contributed by atoms with Gasteiger partial charge in [0.1, 0.15) is 5.75 Å². The van der Waals surface area contributed by atoms with Crippen molar-refractivity contribution in [3.8, 4) is 5.75 Å². The summed E-state index contributed by atoms with van der Waals surface area (Å²) >= 11 is 12.2. The van der Waals surface area contributed by atoms with Crippen molar-refractivity contribution in [1.29, 1.82) is 0 Å². The predicted molar refractivity (Wildman–Crippen MR) is 105 cm³/mol. The van der Waals surface area contributed by atoms with Gasteiger partial charge in [-0.15, -0.1) is 0 Å². The third-order valence-corrected chi connectivity index (χ3v) is 4.34. The maximum Gasteiger partial charge on any atom is 0.319 e. The Morgan fingerprint density at radius 2 is 1.81 bits per heavy atom. The van der Waals surface area contributed by atoms with Gasteiger partial charge < -0.3 is 14.8 Å². The number of esters is 1. The maximum atomic E-state index is 12.5. The second-order valence-corrected chi connectivity index (χ2v) is 6.55. The van der Waals surface area contributed by atoms with Gasteiger partial charge in [-0.2, -0.15) is 0 Å². The lowest BCUT2D eigenvalue weighted by Crippen LogP contribution is -2.37. The van der Waals surface area contributed by atoms with Gasteiger partial charge in [0.15, 0.2) is 0 Å². The molecule has 0 saturated heterocycles. The number of anilines is 1. The molecule has 0 fully saturated rings. The lowest BCUT2D eigenvalue weighted by Gasteiger charge is -2.21. The predicted octanol–water partition coefficient (Wildman–Crippen LogP) is 3.62. The van der Waals surface area contributed by atoms with Gasteiger partial charge in [-0.3, -0.25) is 14.5 Å². The molecule has 2 rings (SSSR count). The van der Waals surface area contributed by atoms with Crippen LogP contribution in [0.25, 0.3) is 0 Å². The number of amides is 1. The Labute approximate surface area is 168 Å². The fourth-order valence-corrected chi connectivity index (χ4v) is 2.82. The molecule has 144 valence electrons. The van der Waals surface area contributed by atoms with Crippen LogP contribution in [0.1, 0.15) is 5.56 Å². The standard InChI is InChI=1S/C19H20Cl2N2O4/c1-26-17-8-7-14(20)9-16(17)22-18(24)11-23(12-19(25)27-2)10-13-5-3-4-6-15(13)21/h3-9H,10-12H2,1-2H3,(H,22,24). The highest BCUT2D eigenvalue weighted by atomic mass is 35.5. The van der Waals surface area contributed by atoms with Gasteiger partial charge in [0.25, 0.3) is 0 Å². The van der Waals surface area contributed by atoms with Crippen LogP contribution in [-0.4, -0.2) is 44.1 Å². The SMILES string of the molecule is COC(=O)CN(CC(=O)Nc1cc(Cl)ccc1OC)Cc1ccccc1Cl. The number of carbonyl (C=O) groups excluding carboxylic acids is 2. The van der Waals surface area contributed by atoms with Crippen LogP contribution in [-0.2, 0) is 20.9 Å². The van der Waals surface area contributed by atoms with Crippen LogP contribution < -0.4 is 10.1 Å². The van der Waals surface area contributed by atoms with Crippen LogP contribution in [0, 0.1) is 0 Å². The lowest BCUT2D eigenvalue weighted by atomic mass is 10.2. The number of benzene rings is 2. The van der Waals surface area contributed by atoms with Crippen molar-refractivity contribution in [1.82, 2.24) is 4.90 Å². The minimum atomic E-state index is -0.449. The lowest BCUT2D eigenvalue weighted by molar-refractivity contribution is -0.142. The summed E-state index contributed by atoms with van der Waals surface area (Å²) in [4.78, 5) is 25.9. The molecule has 0 unspecified atom stereocenters. The van der Waals surface area contributed by atoms with Crippen LogP contribution in [0.15, 0.2) is 42.5 Å². The molecule has 1 N–H and O–H groups in total. The molecule has 0 saturated carbocycles. The average Bonchev–Trinajstić information content (AvgIpc) is 2.63. The van der Waals surface area contributed by atoms with Crippen LogP contribution >= 0.6 is 23.2 Å². The van der Waals surface area contributed by atoms with Crippen LogP contribution in [0.3, 0.4) is 0 Å². The first-order chi connectivity index (χ1) is 12.9. The fraction of sp³-hybridized carbons (Fsp3) is 0.263. The number of methoxy groups -OCH3 is 2. The van der Waals surface area contributed by atoms with E-state index in [9.17, 15) is 9.59 Å². The van der Waals surface area contributed by atoms with E-state index < -0.39 is 5.97 Å². The Morgan fingerprint density at radius 3 is 2.48 bits per heavy atom. The highest BCUT2D eigenvalue weighted by molar-refractivity contribution is 6.31. The quantitative estimate of drug-likeness (QED) is 0.673. The van der Waals surface area contributed by atoms with Crippen molar-refractivity contribution < 1.29 is 19.1 Å². The zero-order valence-corrected chi connectivity index (χ0v) is 16.5. The van der Waals surface area contributed by atoms with E-state index in [1.165, 1.54) is 14.2 Å². The molecule has 0 aromatic heterocycles. The molecular weight excluding hydrogens is 391 g/mol. The second-order valence-electron chi connectivity index (χ2n) is 5.71. The number of hydrogen-bond donors (Lipinski definition) is 1. The minimum Gasteiger partial charge on any atom is -0.495 e. The van der Waals surface area contributed by atoms with Crippen molar-refractivity contribution in [3.63, 3.8) is 0 Å². The molecule has 0 heterocycles. The zero-order valence-electron chi connectivity index (χ0n) is 15.0. The van der Waals surface area contributed by atoms with Gasteiger partial charge in [-0.25, -0.2) is 0 Å².